The number of nitrogens with two attached hydrogens (primary N) is 1. The fourth-order valence-electron chi connectivity index (χ4n) is 3.02. The van der Waals surface area contributed by atoms with Crippen molar-refractivity contribution in [3.05, 3.63) is 22.9 Å². The zero-order chi connectivity index (χ0) is 14.9. The van der Waals surface area contributed by atoms with Crippen LogP contribution in [0.15, 0.2) is 11.2 Å². The summed E-state index contributed by atoms with van der Waals surface area (Å²) in [6, 6.07) is 1.96. The Hall–Kier alpha value is -1.78. The molecule has 1 aliphatic heterocycles. The van der Waals surface area contributed by atoms with Gasteiger partial charge in [0.2, 0.25) is 0 Å². The van der Waals surface area contributed by atoms with Gasteiger partial charge < -0.3 is 15.8 Å². The molecule has 5 nitrogen and oxygen atoms in total. The molecular formula is C15H24N4O. The molecule has 0 spiro atoms. The molecule has 5 heteroatoms. The first-order valence-corrected chi connectivity index (χ1v) is 7.05. The predicted octanol–water partition coefficient (Wildman–Crippen LogP) is 2.42. The first-order valence-electron chi connectivity index (χ1n) is 7.05. The van der Waals surface area contributed by atoms with Gasteiger partial charge in [-0.2, -0.15) is 0 Å². The minimum atomic E-state index is 0.133. The van der Waals surface area contributed by atoms with Gasteiger partial charge in [-0.25, -0.2) is 4.98 Å². The molecule has 110 valence electrons. The van der Waals surface area contributed by atoms with E-state index in [0.29, 0.717) is 0 Å². The fourth-order valence-corrected chi connectivity index (χ4v) is 3.02. The van der Waals surface area contributed by atoms with E-state index in [-0.39, 0.29) is 11.3 Å². The van der Waals surface area contributed by atoms with Crippen LogP contribution in [0.5, 0.6) is 0 Å². The number of nitrogens with zero attached hydrogens (tertiary/aromatic N) is 3. The van der Waals surface area contributed by atoms with Gasteiger partial charge in [0.1, 0.15) is 5.82 Å². The quantitative estimate of drug-likeness (QED) is 0.376. The van der Waals surface area contributed by atoms with Crippen LogP contribution in [-0.4, -0.2) is 29.1 Å². The maximum absolute atomic E-state index is 9.02. The average molecular weight is 276 g/mol. The molecule has 1 aliphatic rings. The summed E-state index contributed by atoms with van der Waals surface area (Å²) >= 11 is 0. The summed E-state index contributed by atoms with van der Waals surface area (Å²) in [6.07, 6.45) is 2.35. The molecule has 1 fully saturated rings. The Labute approximate surface area is 120 Å². The van der Waals surface area contributed by atoms with Gasteiger partial charge in [0.25, 0.3) is 0 Å². The molecule has 1 aromatic heterocycles. The Kier molecular flexibility index (Phi) is 3.88. The lowest BCUT2D eigenvalue weighted by Gasteiger charge is -2.39. The van der Waals surface area contributed by atoms with Crippen LogP contribution in [0, 0.1) is 19.3 Å². The minimum Gasteiger partial charge on any atom is -0.409 e. The molecular weight excluding hydrogens is 252 g/mol. The monoisotopic (exact) mass is 276 g/mol. The van der Waals surface area contributed by atoms with E-state index >= 15 is 0 Å². The number of anilines is 1. The van der Waals surface area contributed by atoms with E-state index in [1.807, 2.05) is 19.9 Å². The van der Waals surface area contributed by atoms with Crippen LogP contribution in [-0.2, 0) is 0 Å². The topological polar surface area (TPSA) is 74.7 Å². The lowest BCUT2D eigenvalue weighted by Crippen LogP contribution is -2.41. The second-order valence-corrected chi connectivity index (χ2v) is 6.45. The summed E-state index contributed by atoms with van der Waals surface area (Å²) in [4.78, 5) is 6.91. The lowest BCUT2D eigenvalue weighted by atomic mass is 9.84. The molecule has 20 heavy (non-hydrogen) atoms. The van der Waals surface area contributed by atoms with Crippen molar-refractivity contribution in [3.63, 3.8) is 0 Å². The van der Waals surface area contributed by atoms with Crippen LogP contribution < -0.4 is 10.6 Å². The van der Waals surface area contributed by atoms with Crippen molar-refractivity contribution in [2.45, 2.75) is 40.5 Å². The molecule has 1 aromatic rings. The summed E-state index contributed by atoms with van der Waals surface area (Å²) in [5.41, 5.74) is 8.81. The van der Waals surface area contributed by atoms with Gasteiger partial charge in [-0.15, -0.1) is 0 Å². The van der Waals surface area contributed by atoms with Gasteiger partial charge in [0.05, 0.1) is 5.56 Å². The number of rotatable bonds is 2. The van der Waals surface area contributed by atoms with Gasteiger partial charge in [0.15, 0.2) is 5.84 Å². The van der Waals surface area contributed by atoms with Crippen LogP contribution in [0.25, 0.3) is 0 Å². The number of aryl methyl sites for hydroxylation is 2. The van der Waals surface area contributed by atoms with Gasteiger partial charge in [-0.05, 0) is 43.7 Å². The third-order valence-corrected chi connectivity index (χ3v) is 3.89. The van der Waals surface area contributed by atoms with Crippen LogP contribution in [0.2, 0.25) is 0 Å². The standard InChI is InChI=1S/C15H24N4O/c1-10-8-11(2)17-14(12(10)13(16)18-20)19-7-5-6-15(3,4)9-19/h8,20H,5-7,9H2,1-4H3,(H2,16,18). The lowest BCUT2D eigenvalue weighted by molar-refractivity contribution is 0.292. The van der Waals surface area contributed by atoms with Crippen molar-refractivity contribution in [1.82, 2.24) is 4.98 Å². The molecule has 0 unspecified atom stereocenters. The Balaban J connectivity index is 2.49. The Morgan fingerprint density at radius 3 is 2.75 bits per heavy atom. The zero-order valence-corrected chi connectivity index (χ0v) is 12.8. The first kappa shape index (κ1) is 14.6. The van der Waals surface area contributed by atoms with Crippen LogP contribution in [0.3, 0.4) is 0 Å². The Morgan fingerprint density at radius 1 is 1.45 bits per heavy atom. The average Bonchev–Trinajstić information content (AvgIpc) is 2.35. The number of hydrogen-bond acceptors (Lipinski definition) is 4. The van der Waals surface area contributed by atoms with Gasteiger partial charge in [-0.3, -0.25) is 0 Å². The summed E-state index contributed by atoms with van der Waals surface area (Å²) in [6.45, 7) is 10.4. The molecule has 0 atom stereocenters. The third-order valence-electron chi connectivity index (χ3n) is 3.89. The normalized spacial score (nSPS) is 19.2. The molecule has 0 aromatic carbocycles. The van der Waals surface area contributed by atoms with E-state index in [1.165, 1.54) is 6.42 Å². The number of aromatic nitrogens is 1. The summed E-state index contributed by atoms with van der Waals surface area (Å²) < 4.78 is 0. The third kappa shape index (κ3) is 2.86. The van der Waals surface area contributed by atoms with Crippen molar-refractivity contribution in [3.8, 4) is 0 Å². The maximum Gasteiger partial charge on any atom is 0.174 e. The van der Waals surface area contributed by atoms with E-state index in [9.17, 15) is 0 Å². The highest BCUT2D eigenvalue weighted by Gasteiger charge is 2.29. The minimum absolute atomic E-state index is 0.133. The molecule has 2 rings (SSSR count). The number of hydrogen-bond donors (Lipinski definition) is 2. The second kappa shape index (κ2) is 5.31. The van der Waals surface area contributed by atoms with E-state index in [1.54, 1.807) is 0 Å². The molecule has 3 N–H and O–H groups in total. The van der Waals surface area contributed by atoms with Crippen molar-refractivity contribution in [2.24, 2.45) is 16.3 Å². The molecule has 1 saturated heterocycles. The largest absolute Gasteiger partial charge is 0.409 e. The Morgan fingerprint density at radius 2 is 2.15 bits per heavy atom. The second-order valence-electron chi connectivity index (χ2n) is 6.45. The number of pyridine rings is 1. The highest BCUT2D eigenvalue weighted by atomic mass is 16.4. The van der Waals surface area contributed by atoms with Gasteiger partial charge in [0, 0.05) is 18.8 Å². The summed E-state index contributed by atoms with van der Waals surface area (Å²) in [5.74, 6) is 0.971. The summed E-state index contributed by atoms with van der Waals surface area (Å²) in [5, 5.41) is 12.2. The van der Waals surface area contributed by atoms with E-state index in [2.05, 4.69) is 28.9 Å². The summed E-state index contributed by atoms with van der Waals surface area (Å²) in [7, 11) is 0. The molecule has 0 saturated carbocycles. The molecule has 0 radical (unpaired) electrons. The van der Waals surface area contributed by atoms with E-state index in [4.69, 9.17) is 10.9 Å². The van der Waals surface area contributed by atoms with Gasteiger partial charge in [-0.1, -0.05) is 19.0 Å². The van der Waals surface area contributed by atoms with E-state index < -0.39 is 0 Å². The highest BCUT2D eigenvalue weighted by Crippen LogP contribution is 2.33. The van der Waals surface area contributed by atoms with Gasteiger partial charge >= 0.3 is 0 Å². The van der Waals surface area contributed by atoms with Crippen molar-refractivity contribution in [1.29, 1.82) is 0 Å². The molecule has 0 amide bonds. The first-order chi connectivity index (χ1) is 9.34. The SMILES string of the molecule is Cc1cc(C)c(C(N)=NO)c(N2CCCC(C)(C)C2)n1. The van der Waals surface area contributed by atoms with Crippen LogP contribution in [0.1, 0.15) is 43.5 Å². The Bertz CT molecular complexity index is 537. The van der Waals surface area contributed by atoms with Crippen LogP contribution in [0.4, 0.5) is 5.82 Å². The van der Waals surface area contributed by atoms with E-state index in [0.717, 1.165) is 42.1 Å². The number of piperidine rings is 1. The predicted molar refractivity (Wildman–Crippen MR) is 81.4 cm³/mol. The maximum atomic E-state index is 9.02. The van der Waals surface area contributed by atoms with Crippen LogP contribution >= 0.6 is 0 Å². The van der Waals surface area contributed by atoms with Crippen molar-refractivity contribution >= 4 is 11.7 Å². The van der Waals surface area contributed by atoms with Crippen molar-refractivity contribution in [2.75, 3.05) is 18.0 Å². The molecule has 0 bridgehead atoms. The highest BCUT2D eigenvalue weighted by molar-refractivity contribution is 6.02. The smallest absolute Gasteiger partial charge is 0.174 e. The van der Waals surface area contributed by atoms with Crippen molar-refractivity contribution < 1.29 is 5.21 Å². The molecule has 0 aliphatic carbocycles. The fraction of sp³-hybridized carbons (Fsp3) is 0.600. The number of amidine groups is 1. The molecule has 2 heterocycles. The zero-order valence-electron chi connectivity index (χ0n) is 12.8. The number of oxime groups is 1.